The summed E-state index contributed by atoms with van der Waals surface area (Å²) in [6, 6.07) is 6.21. The van der Waals surface area contributed by atoms with E-state index in [1.54, 1.807) is 0 Å². The van der Waals surface area contributed by atoms with Crippen molar-refractivity contribution in [2.75, 3.05) is 19.6 Å². The second kappa shape index (κ2) is 5.99. The van der Waals surface area contributed by atoms with Crippen molar-refractivity contribution in [3.63, 3.8) is 0 Å². The Balaban J connectivity index is 1.72. The minimum absolute atomic E-state index is 0.207. The fourth-order valence-corrected chi connectivity index (χ4v) is 3.64. The third-order valence-electron chi connectivity index (χ3n) is 4.78. The van der Waals surface area contributed by atoms with Crippen LogP contribution in [0.25, 0.3) is 0 Å². The van der Waals surface area contributed by atoms with E-state index in [1.165, 1.54) is 25.5 Å². The molecule has 0 aliphatic carbocycles. The van der Waals surface area contributed by atoms with Gasteiger partial charge in [0.15, 0.2) is 0 Å². The Bertz CT molecular complexity index is 548. The number of hydrogen-bond donors (Lipinski definition) is 1. The van der Waals surface area contributed by atoms with Gasteiger partial charge in [-0.2, -0.15) is 0 Å². The van der Waals surface area contributed by atoms with Crippen molar-refractivity contribution in [2.24, 2.45) is 5.73 Å². The summed E-state index contributed by atoms with van der Waals surface area (Å²) in [5.41, 5.74) is 6.87. The second-order valence-electron chi connectivity index (χ2n) is 6.24. The molecule has 2 unspecified atom stereocenters. The Hall–Kier alpha value is -1.04. The smallest absolute Gasteiger partial charge is 0.128 e. The molecule has 2 atom stereocenters. The molecule has 1 aromatic rings. The van der Waals surface area contributed by atoms with Gasteiger partial charge in [-0.1, -0.05) is 24.4 Å². The van der Waals surface area contributed by atoms with E-state index in [-0.39, 0.29) is 10.8 Å². The molecule has 1 aromatic carbocycles. The third kappa shape index (κ3) is 3.10. The lowest BCUT2D eigenvalue weighted by Gasteiger charge is -2.42. The molecule has 2 heterocycles. The first-order valence-electron chi connectivity index (χ1n) is 7.61. The van der Waals surface area contributed by atoms with Crippen LogP contribution in [0.15, 0.2) is 18.2 Å². The van der Waals surface area contributed by atoms with Gasteiger partial charge in [-0.15, -0.1) is 0 Å². The van der Waals surface area contributed by atoms with Crippen LogP contribution in [-0.4, -0.2) is 46.5 Å². The van der Waals surface area contributed by atoms with Gasteiger partial charge >= 0.3 is 0 Å². The van der Waals surface area contributed by atoms with Crippen molar-refractivity contribution in [1.82, 2.24) is 9.80 Å². The summed E-state index contributed by atoms with van der Waals surface area (Å²) in [4.78, 5) is 5.21. The molecule has 2 aliphatic rings. The Kier molecular flexibility index (Phi) is 4.24. The van der Waals surface area contributed by atoms with Gasteiger partial charge in [-0.05, 0) is 32.4 Å². The van der Waals surface area contributed by atoms with Crippen molar-refractivity contribution in [3.8, 4) is 0 Å². The van der Waals surface area contributed by atoms with Gasteiger partial charge in [-0.25, -0.2) is 4.39 Å². The first kappa shape index (κ1) is 14.9. The average molecular weight is 307 g/mol. The molecule has 21 heavy (non-hydrogen) atoms. The van der Waals surface area contributed by atoms with Crippen LogP contribution in [0, 0.1) is 5.82 Å². The molecule has 3 rings (SSSR count). The number of nitrogens with zero attached hydrogens (tertiary/aromatic N) is 2. The monoisotopic (exact) mass is 307 g/mol. The number of thiocarbonyl (C=S) groups is 1. The zero-order chi connectivity index (χ0) is 15.0. The molecule has 2 saturated heterocycles. The fraction of sp³-hybridized carbons (Fsp3) is 0.562. The van der Waals surface area contributed by atoms with Crippen molar-refractivity contribution in [2.45, 2.75) is 38.4 Å². The number of rotatable bonds is 3. The largest absolute Gasteiger partial charge is 0.389 e. The standard InChI is InChI=1S/C16H22FN3S/c1-11-8-19-6-2-3-14(19)10-20(11)9-13-5-4-12(16(18)21)7-15(13)17/h4-5,7,11,14H,2-3,6,8-10H2,1H3,(H2,18,21). The highest BCUT2D eigenvalue weighted by molar-refractivity contribution is 7.80. The summed E-state index contributed by atoms with van der Waals surface area (Å²) in [5, 5.41) is 0. The van der Waals surface area contributed by atoms with Gasteiger partial charge in [-0.3, -0.25) is 9.80 Å². The summed E-state index contributed by atoms with van der Waals surface area (Å²) in [6.07, 6.45) is 2.56. The van der Waals surface area contributed by atoms with E-state index in [1.807, 2.05) is 12.1 Å². The predicted molar refractivity (Wildman–Crippen MR) is 86.8 cm³/mol. The van der Waals surface area contributed by atoms with Gasteiger partial charge in [0, 0.05) is 42.8 Å². The van der Waals surface area contributed by atoms with Gasteiger partial charge in [0.1, 0.15) is 10.8 Å². The number of hydrogen-bond acceptors (Lipinski definition) is 3. The van der Waals surface area contributed by atoms with Crippen LogP contribution in [0.3, 0.4) is 0 Å². The van der Waals surface area contributed by atoms with Crippen LogP contribution in [0.1, 0.15) is 30.9 Å². The summed E-state index contributed by atoms with van der Waals surface area (Å²) >= 11 is 4.89. The summed E-state index contributed by atoms with van der Waals surface area (Å²) < 4.78 is 14.2. The van der Waals surface area contributed by atoms with E-state index in [0.717, 1.165) is 18.7 Å². The minimum atomic E-state index is -0.207. The van der Waals surface area contributed by atoms with Gasteiger partial charge < -0.3 is 5.73 Å². The average Bonchev–Trinajstić information content (AvgIpc) is 2.88. The summed E-state index contributed by atoms with van der Waals surface area (Å²) in [5.74, 6) is -0.207. The Morgan fingerprint density at radius 1 is 1.43 bits per heavy atom. The molecule has 3 nitrogen and oxygen atoms in total. The van der Waals surface area contributed by atoms with Crippen LogP contribution >= 0.6 is 12.2 Å². The minimum Gasteiger partial charge on any atom is -0.389 e. The van der Waals surface area contributed by atoms with Gasteiger partial charge in [0.25, 0.3) is 0 Å². The van der Waals surface area contributed by atoms with Crippen molar-refractivity contribution in [3.05, 3.63) is 35.1 Å². The lowest BCUT2D eigenvalue weighted by atomic mass is 10.1. The Morgan fingerprint density at radius 2 is 2.24 bits per heavy atom. The highest BCUT2D eigenvalue weighted by Crippen LogP contribution is 2.26. The van der Waals surface area contributed by atoms with E-state index >= 15 is 0 Å². The molecule has 2 aliphatic heterocycles. The molecule has 0 aromatic heterocycles. The fourth-order valence-electron chi connectivity index (χ4n) is 3.52. The topological polar surface area (TPSA) is 32.5 Å². The van der Waals surface area contributed by atoms with Gasteiger partial charge in [0.05, 0.1) is 0 Å². The number of benzene rings is 1. The summed E-state index contributed by atoms with van der Waals surface area (Å²) in [7, 11) is 0. The maximum absolute atomic E-state index is 14.2. The Morgan fingerprint density at radius 3 is 2.95 bits per heavy atom. The lowest BCUT2D eigenvalue weighted by molar-refractivity contribution is 0.0533. The first-order chi connectivity index (χ1) is 10.0. The van der Waals surface area contributed by atoms with E-state index < -0.39 is 0 Å². The van der Waals surface area contributed by atoms with E-state index in [9.17, 15) is 4.39 Å². The highest BCUT2D eigenvalue weighted by Gasteiger charge is 2.34. The zero-order valence-corrected chi connectivity index (χ0v) is 13.2. The molecule has 0 amide bonds. The van der Waals surface area contributed by atoms with Crippen molar-refractivity contribution in [1.29, 1.82) is 0 Å². The van der Waals surface area contributed by atoms with Crippen LogP contribution in [0.5, 0.6) is 0 Å². The zero-order valence-electron chi connectivity index (χ0n) is 12.4. The molecule has 2 fully saturated rings. The predicted octanol–water partition coefficient (Wildman–Crippen LogP) is 2.13. The van der Waals surface area contributed by atoms with Gasteiger partial charge in [0.2, 0.25) is 0 Å². The number of nitrogens with two attached hydrogens (primary N) is 1. The third-order valence-corrected chi connectivity index (χ3v) is 5.01. The van der Waals surface area contributed by atoms with Crippen molar-refractivity contribution >= 4 is 17.2 Å². The lowest BCUT2D eigenvalue weighted by Crippen LogP contribution is -2.54. The SMILES string of the molecule is CC1CN2CCCC2CN1Cc1ccc(C(N)=S)cc1F. The maximum Gasteiger partial charge on any atom is 0.128 e. The highest BCUT2D eigenvalue weighted by atomic mass is 32.1. The molecule has 0 bridgehead atoms. The molecule has 5 heteroatoms. The van der Waals surface area contributed by atoms with Crippen LogP contribution in [0.2, 0.25) is 0 Å². The summed E-state index contributed by atoms with van der Waals surface area (Å²) in [6.45, 7) is 6.25. The molecule has 0 radical (unpaired) electrons. The molecule has 0 saturated carbocycles. The van der Waals surface area contributed by atoms with E-state index in [4.69, 9.17) is 18.0 Å². The number of piperazine rings is 1. The molecule has 2 N–H and O–H groups in total. The maximum atomic E-state index is 14.2. The molecule has 114 valence electrons. The molecular weight excluding hydrogens is 285 g/mol. The van der Waals surface area contributed by atoms with Crippen LogP contribution in [-0.2, 0) is 6.54 Å². The molecular formula is C16H22FN3S. The number of halogens is 1. The first-order valence-corrected chi connectivity index (χ1v) is 8.02. The van der Waals surface area contributed by atoms with Crippen LogP contribution < -0.4 is 5.73 Å². The number of fused-ring (bicyclic) bond motifs is 1. The quantitative estimate of drug-likeness (QED) is 0.867. The van der Waals surface area contributed by atoms with Crippen LogP contribution in [0.4, 0.5) is 4.39 Å². The Labute approximate surface area is 130 Å². The van der Waals surface area contributed by atoms with E-state index in [2.05, 4.69) is 16.7 Å². The second-order valence-corrected chi connectivity index (χ2v) is 6.68. The normalized spacial score (nSPS) is 26.8. The van der Waals surface area contributed by atoms with Crippen molar-refractivity contribution < 1.29 is 4.39 Å². The van der Waals surface area contributed by atoms with E-state index in [0.29, 0.717) is 24.2 Å². The molecule has 0 spiro atoms.